The van der Waals surface area contributed by atoms with Crippen LogP contribution in [0.3, 0.4) is 0 Å². The van der Waals surface area contributed by atoms with Gasteiger partial charge in [0.1, 0.15) is 0 Å². The van der Waals surface area contributed by atoms with Crippen molar-refractivity contribution in [2.24, 2.45) is 23.7 Å². The fraction of sp³-hybridized carbons (Fsp3) is 1.00. The molecule has 10 heterocycles. The van der Waals surface area contributed by atoms with Gasteiger partial charge in [-0.1, -0.05) is 59.8 Å². The van der Waals surface area contributed by atoms with Crippen LogP contribution in [0.25, 0.3) is 0 Å². The third-order valence-corrected chi connectivity index (χ3v) is 13.9. The molecule has 0 atom stereocenters. The summed E-state index contributed by atoms with van der Waals surface area (Å²) in [6.45, 7) is 33.8. The van der Waals surface area contributed by atoms with E-state index in [0.29, 0.717) is 0 Å². The summed E-state index contributed by atoms with van der Waals surface area (Å²) in [5, 5.41) is 6.48. The lowest BCUT2D eigenvalue weighted by molar-refractivity contribution is -0.0221. The van der Waals surface area contributed by atoms with E-state index in [1.54, 1.807) is 0 Å². The first-order valence-corrected chi connectivity index (χ1v) is 27.6. The van der Waals surface area contributed by atoms with E-state index >= 15 is 0 Å². The molecule has 10 saturated heterocycles. The minimum absolute atomic E-state index is 0.843. The van der Waals surface area contributed by atoms with Crippen molar-refractivity contribution in [1.82, 2.24) is 40.0 Å². The van der Waals surface area contributed by atoms with Crippen molar-refractivity contribution < 1.29 is 9.47 Å². The van der Waals surface area contributed by atoms with E-state index < -0.39 is 0 Å². The number of nitrogens with one attached hydrogen (secondary N) is 2. The van der Waals surface area contributed by atoms with Gasteiger partial charge in [-0.05, 0) is 261 Å². The number of piperidine rings is 4. The zero-order valence-electron chi connectivity index (χ0n) is 45.1. The fourth-order valence-corrected chi connectivity index (χ4v) is 8.30. The van der Waals surface area contributed by atoms with Crippen LogP contribution >= 0.6 is 0 Å². The first kappa shape index (κ1) is 61.6. The Morgan fingerprint density at radius 2 is 0.547 bits per heavy atom. The normalized spacial score (nSPS) is 25.4. The fourth-order valence-electron chi connectivity index (χ4n) is 8.30. The Kier molecular flexibility index (Phi) is 42.2. The summed E-state index contributed by atoms with van der Waals surface area (Å²) in [5.74, 6) is 3.68. The minimum Gasteiger partial charge on any atom is -0.381 e. The number of likely N-dealkylation sites (tertiary alicyclic amines) is 6. The number of hydrogen-bond donors (Lipinski definition) is 2. The molecule has 2 N–H and O–H groups in total. The smallest absolute Gasteiger partial charge is 0.0513 e. The van der Waals surface area contributed by atoms with Gasteiger partial charge >= 0.3 is 0 Å². The Labute approximate surface area is 401 Å². The molecule has 0 aromatic rings. The predicted molar refractivity (Wildman–Crippen MR) is 281 cm³/mol. The molecule has 0 aromatic carbocycles. The summed E-state index contributed by atoms with van der Waals surface area (Å²) in [6, 6.07) is 0. The molecule has 10 heteroatoms. The predicted octanol–water partition coefficient (Wildman–Crippen LogP) is 9.15. The van der Waals surface area contributed by atoms with Crippen LogP contribution in [0.2, 0.25) is 0 Å². The van der Waals surface area contributed by atoms with Crippen molar-refractivity contribution in [2.75, 3.05) is 173 Å². The highest BCUT2D eigenvalue weighted by molar-refractivity contribution is 4.68. The summed E-state index contributed by atoms with van der Waals surface area (Å²) < 4.78 is 9.97. The Hall–Kier alpha value is -0.400. The van der Waals surface area contributed by atoms with Crippen LogP contribution in [-0.4, -0.2) is 203 Å². The van der Waals surface area contributed by atoms with Crippen molar-refractivity contribution in [3.63, 3.8) is 0 Å². The van der Waals surface area contributed by atoms with Gasteiger partial charge in [0, 0.05) is 19.1 Å². The Balaban J connectivity index is 0.000000357. The van der Waals surface area contributed by atoms with Crippen LogP contribution < -0.4 is 10.6 Å². The molecule has 10 rings (SSSR count). The Bertz CT molecular complexity index is 789. The zero-order valence-corrected chi connectivity index (χ0v) is 45.1. The van der Waals surface area contributed by atoms with Crippen molar-refractivity contribution >= 4 is 0 Å². The zero-order chi connectivity index (χ0) is 46.9. The van der Waals surface area contributed by atoms with Crippen LogP contribution in [0.4, 0.5) is 0 Å². The lowest BCUT2D eigenvalue weighted by atomic mass is 10.0. The highest BCUT2D eigenvalue weighted by atomic mass is 16.5. The number of rotatable bonds is 0. The first-order valence-electron chi connectivity index (χ1n) is 27.6. The van der Waals surface area contributed by atoms with Crippen molar-refractivity contribution in [3.05, 3.63) is 0 Å². The number of hydrogen-bond acceptors (Lipinski definition) is 10. The monoisotopic (exact) mass is 909 g/mol. The lowest BCUT2D eigenvalue weighted by Gasteiger charge is -2.24. The maximum Gasteiger partial charge on any atom is 0.0513 e. The Morgan fingerprint density at radius 1 is 0.297 bits per heavy atom. The number of nitrogens with zero attached hydrogens (tertiary/aromatic N) is 6. The maximum atomic E-state index is 5.14. The second-order valence-electron chi connectivity index (χ2n) is 21.6. The quantitative estimate of drug-likeness (QED) is 0.246. The third-order valence-electron chi connectivity index (χ3n) is 13.9. The van der Waals surface area contributed by atoms with E-state index in [1.807, 2.05) is 0 Å². The van der Waals surface area contributed by atoms with E-state index in [9.17, 15) is 0 Å². The molecule has 0 aromatic heterocycles. The van der Waals surface area contributed by atoms with Crippen molar-refractivity contribution in [1.29, 1.82) is 0 Å². The van der Waals surface area contributed by atoms with Gasteiger partial charge in [-0.25, -0.2) is 0 Å². The average molecular weight is 910 g/mol. The van der Waals surface area contributed by atoms with Crippen molar-refractivity contribution in [3.8, 4) is 0 Å². The van der Waals surface area contributed by atoms with Gasteiger partial charge in [0.25, 0.3) is 0 Å². The summed E-state index contributed by atoms with van der Waals surface area (Å²) in [7, 11) is 13.1. The average Bonchev–Trinajstić information content (AvgIpc) is 3.64. The Morgan fingerprint density at radius 3 is 0.688 bits per heavy atom. The van der Waals surface area contributed by atoms with Gasteiger partial charge in [-0.15, -0.1) is 0 Å². The standard InChI is InChI=1S/C7H15N.4C6H13N.C6H12O.C5H11N.2C4H9N.C4H8O/c1-8-6-4-2-3-5-7-8;1-6-2-4-7-5-3-6;3*1-7-5-3-2-4-6-7;1-6-2-4-7-5-3-6;1-6-4-2-3-5-6;1-4-2-5-3-4;1-5-3-2-4-5;1-4-2-5-3-4/h2-7H2,1H3;6-7H,2-5H2,1H3;3*2-6H2,1H3;6H,2-5H2,1H3;2-5H2,1H3;4-5H,2-3H2,1H3;2-4H2,1H3;4H,2-3H2,1H3. The lowest BCUT2D eigenvalue weighted by Crippen LogP contribution is -2.39. The summed E-state index contributed by atoms with van der Waals surface area (Å²) in [6.07, 6.45) is 28.1. The topological polar surface area (TPSA) is 62.0 Å². The molecule has 0 spiro atoms. The summed E-state index contributed by atoms with van der Waals surface area (Å²) in [4.78, 5) is 14.3. The van der Waals surface area contributed by atoms with Crippen LogP contribution in [0, 0.1) is 23.7 Å². The van der Waals surface area contributed by atoms with Crippen LogP contribution in [0.15, 0.2) is 0 Å². The molecular weight excluding hydrogens is 793 g/mol. The second kappa shape index (κ2) is 43.9. The summed E-state index contributed by atoms with van der Waals surface area (Å²) >= 11 is 0. The molecule has 10 nitrogen and oxygen atoms in total. The van der Waals surface area contributed by atoms with Crippen LogP contribution in [0.5, 0.6) is 0 Å². The molecule has 0 unspecified atom stereocenters. The molecule has 0 radical (unpaired) electrons. The van der Waals surface area contributed by atoms with E-state index in [1.165, 1.54) is 233 Å². The van der Waals surface area contributed by atoms with Gasteiger partial charge in [0.15, 0.2) is 0 Å². The van der Waals surface area contributed by atoms with Crippen molar-refractivity contribution in [2.45, 2.75) is 156 Å². The molecule has 64 heavy (non-hydrogen) atoms. The van der Waals surface area contributed by atoms with Gasteiger partial charge < -0.3 is 49.5 Å². The second-order valence-corrected chi connectivity index (χ2v) is 21.6. The number of ether oxygens (including phenoxy) is 2. The third kappa shape index (κ3) is 41.8. The van der Waals surface area contributed by atoms with E-state index in [-0.39, 0.29) is 0 Å². The maximum absolute atomic E-state index is 5.14. The first-order chi connectivity index (χ1) is 30.9. The van der Waals surface area contributed by atoms with Crippen LogP contribution in [0.1, 0.15) is 156 Å². The van der Waals surface area contributed by atoms with E-state index in [2.05, 4.69) is 110 Å². The van der Waals surface area contributed by atoms with Crippen LogP contribution in [-0.2, 0) is 9.47 Å². The molecule has 0 amide bonds. The molecule has 10 aliphatic rings. The van der Waals surface area contributed by atoms with E-state index in [0.717, 1.165) is 50.1 Å². The molecule has 384 valence electrons. The van der Waals surface area contributed by atoms with Gasteiger partial charge in [0.2, 0.25) is 0 Å². The molecule has 10 aliphatic heterocycles. The molecule has 0 aliphatic carbocycles. The summed E-state index contributed by atoms with van der Waals surface area (Å²) in [5.41, 5.74) is 0. The molecular formula is C54H116N8O2. The molecule has 0 saturated carbocycles. The van der Waals surface area contributed by atoms with Gasteiger partial charge in [0.05, 0.1) is 13.2 Å². The highest BCUT2D eigenvalue weighted by Crippen LogP contribution is 2.12. The molecule has 10 fully saturated rings. The van der Waals surface area contributed by atoms with Gasteiger partial charge in [-0.2, -0.15) is 0 Å². The SMILES string of the molecule is CC1CCNCC1.CC1CCOCC1.CC1CNC1.CC1COC1.CN1CCC1.CN1CCCC1.CN1CCCCC1.CN1CCCCC1.CN1CCCCC1.CN1CCCCCC1. The molecule has 0 bridgehead atoms. The van der Waals surface area contributed by atoms with E-state index in [4.69, 9.17) is 9.47 Å². The minimum atomic E-state index is 0.843. The largest absolute Gasteiger partial charge is 0.381 e. The van der Waals surface area contributed by atoms with Gasteiger partial charge in [-0.3, -0.25) is 0 Å². The highest BCUT2D eigenvalue weighted by Gasteiger charge is 2.11.